The molecule has 1 unspecified atom stereocenters. The molecular weight excluding hydrogens is 344 g/mol. The van der Waals surface area contributed by atoms with Crippen LogP contribution in [-0.4, -0.2) is 21.4 Å². The highest BCUT2D eigenvalue weighted by Gasteiger charge is 2.31. The number of benzene rings is 2. The number of nitrogens with one attached hydrogen (secondary N) is 2. The fourth-order valence-electron chi connectivity index (χ4n) is 2.99. The van der Waals surface area contributed by atoms with E-state index in [4.69, 9.17) is 0 Å². The molecule has 0 saturated carbocycles. The number of hydrogen-bond donors (Lipinski definition) is 2. The molecule has 0 spiro atoms. The Hall–Kier alpha value is -2.97. The molecule has 3 aromatic rings. The van der Waals surface area contributed by atoms with E-state index in [-0.39, 0.29) is 16.4 Å². The third kappa shape index (κ3) is 3.51. The SMILES string of the molecule is O=C1NC(=O)C(Cc2ccc(C#CCc3c[nH]c4ccccc34)cc2)S1. The van der Waals surface area contributed by atoms with Gasteiger partial charge in [0.15, 0.2) is 0 Å². The molecule has 1 fully saturated rings. The lowest BCUT2D eigenvalue weighted by molar-refractivity contribution is -0.118. The lowest BCUT2D eigenvalue weighted by atomic mass is 10.1. The molecular formula is C21H16N2O2S. The quantitative estimate of drug-likeness (QED) is 0.701. The summed E-state index contributed by atoms with van der Waals surface area (Å²) in [5.41, 5.74) is 4.28. The van der Waals surface area contributed by atoms with Crippen LogP contribution in [0.25, 0.3) is 10.9 Å². The van der Waals surface area contributed by atoms with Crippen molar-refractivity contribution >= 4 is 33.8 Å². The van der Waals surface area contributed by atoms with Gasteiger partial charge in [-0.05, 0) is 35.7 Å². The number of fused-ring (bicyclic) bond motifs is 1. The summed E-state index contributed by atoms with van der Waals surface area (Å²) < 4.78 is 0. The number of hydrogen-bond acceptors (Lipinski definition) is 3. The van der Waals surface area contributed by atoms with Crippen molar-refractivity contribution in [3.8, 4) is 11.8 Å². The van der Waals surface area contributed by atoms with Crippen molar-refractivity contribution in [1.29, 1.82) is 0 Å². The number of aromatic amines is 1. The van der Waals surface area contributed by atoms with E-state index in [2.05, 4.69) is 34.3 Å². The van der Waals surface area contributed by atoms with Crippen LogP contribution in [0.1, 0.15) is 16.7 Å². The molecule has 0 bridgehead atoms. The van der Waals surface area contributed by atoms with Crippen molar-refractivity contribution in [2.75, 3.05) is 0 Å². The van der Waals surface area contributed by atoms with E-state index in [1.807, 2.05) is 42.6 Å². The smallest absolute Gasteiger partial charge is 0.286 e. The number of thioether (sulfide) groups is 1. The molecule has 128 valence electrons. The Balaban J connectivity index is 1.41. The summed E-state index contributed by atoms with van der Waals surface area (Å²) in [4.78, 5) is 26.1. The van der Waals surface area contributed by atoms with Gasteiger partial charge in [-0.3, -0.25) is 14.9 Å². The average molecular weight is 360 g/mol. The predicted octanol–water partition coefficient (Wildman–Crippen LogP) is 3.66. The largest absolute Gasteiger partial charge is 0.361 e. The van der Waals surface area contributed by atoms with E-state index in [1.54, 1.807) is 0 Å². The maximum atomic E-state index is 11.6. The maximum absolute atomic E-state index is 11.6. The highest BCUT2D eigenvalue weighted by atomic mass is 32.2. The van der Waals surface area contributed by atoms with Crippen LogP contribution in [0, 0.1) is 11.8 Å². The molecule has 2 N–H and O–H groups in total. The number of amides is 2. The lowest BCUT2D eigenvalue weighted by Gasteiger charge is -2.05. The zero-order valence-electron chi connectivity index (χ0n) is 13.9. The minimum Gasteiger partial charge on any atom is -0.361 e. The van der Waals surface area contributed by atoms with Gasteiger partial charge in [0.2, 0.25) is 5.91 Å². The van der Waals surface area contributed by atoms with Gasteiger partial charge < -0.3 is 4.98 Å². The molecule has 2 amide bonds. The molecule has 1 aliphatic rings. The third-order valence-corrected chi connectivity index (χ3v) is 5.31. The Bertz CT molecular complexity index is 1040. The number of H-pyrrole nitrogens is 1. The van der Waals surface area contributed by atoms with Gasteiger partial charge in [0, 0.05) is 29.1 Å². The van der Waals surface area contributed by atoms with Crippen molar-refractivity contribution in [2.24, 2.45) is 0 Å². The second-order valence-corrected chi connectivity index (χ2v) is 7.30. The van der Waals surface area contributed by atoms with Gasteiger partial charge in [-0.1, -0.05) is 53.9 Å². The molecule has 0 radical (unpaired) electrons. The molecule has 2 heterocycles. The molecule has 5 heteroatoms. The van der Waals surface area contributed by atoms with Gasteiger partial charge in [-0.2, -0.15) is 0 Å². The molecule has 1 atom stereocenters. The topological polar surface area (TPSA) is 62.0 Å². The van der Waals surface area contributed by atoms with Crippen LogP contribution in [0.4, 0.5) is 4.79 Å². The van der Waals surface area contributed by atoms with Crippen LogP contribution in [0.2, 0.25) is 0 Å². The highest BCUT2D eigenvalue weighted by Crippen LogP contribution is 2.23. The second-order valence-electron chi connectivity index (χ2n) is 6.12. The normalized spacial score (nSPS) is 16.4. The fraction of sp³-hybridized carbons (Fsp3) is 0.143. The van der Waals surface area contributed by atoms with Crippen LogP contribution >= 0.6 is 11.8 Å². The molecule has 1 saturated heterocycles. The van der Waals surface area contributed by atoms with Crippen molar-refractivity contribution in [2.45, 2.75) is 18.1 Å². The standard InChI is InChI=1S/C21H16N2O2S/c24-20-19(26-21(25)23-20)12-15-10-8-14(9-11-15)4-3-5-16-13-22-18-7-2-1-6-17(16)18/h1-2,6-11,13,19,22H,5,12H2,(H,23,24,25). The first-order valence-corrected chi connectivity index (χ1v) is 9.21. The highest BCUT2D eigenvalue weighted by molar-refractivity contribution is 8.15. The van der Waals surface area contributed by atoms with Gasteiger partial charge in [0.05, 0.1) is 5.25 Å². The van der Waals surface area contributed by atoms with Crippen LogP contribution in [-0.2, 0) is 17.6 Å². The minimum atomic E-state index is -0.332. The Morgan fingerprint density at radius 2 is 1.85 bits per heavy atom. The van der Waals surface area contributed by atoms with Gasteiger partial charge in [0.25, 0.3) is 5.24 Å². The summed E-state index contributed by atoms with van der Waals surface area (Å²) in [7, 11) is 0. The van der Waals surface area contributed by atoms with E-state index >= 15 is 0 Å². The number of rotatable bonds is 3. The molecule has 26 heavy (non-hydrogen) atoms. The summed E-state index contributed by atoms with van der Waals surface area (Å²) in [5, 5.41) is 2.92. The molecule has 4 rings (SSSR count). The zero-order valence-corrected chi connectivity index (χ0v) is 14.7. The summed E-state index contributed by atoms with van der Waals surface area (Å²) in [6.07, 6.45) is 3.24. The summed E-state index contributed by atoms with van der Waals surface area (Å²) in [6, 6.07) is 16.0. The second kappa shape index (κ2) is 7.11. The average Bonchev–Trinajstić information content (AvgIpc) is 3.19. The number of carbonyl (C=O) groups is 2. The van der Waals surface area contributed by atoms with Crippen LogP contribution < -0.4 is 5.32 Å². The summed E-state index contributed by atoms with van der Waals surface area (Å²) in [5.74, 6) is 6.19. The van der Waals surface area contributed by atoms with Crippen LogP contribution in [0.5, 0.6) is 0 Å². The first-order chi connectivity index (χ1) is 12.7. The van der Waals surface area contributed by atoms with Crippen molar-refractivity contribution in [1.82, 2.24) is 10.3 Å². The molecule has 4 nitrogen and oxygen atoms in total. The van der Waals surface area contributed by atoms with Gasteiger partial charge in [-0.25, -0.2) is 0 Å². The first-order valence-electron chi connectivity index (χ1n) is 8.33. The molecule has 1 aliphatic heterocycles. The van der Waals surface area contributed by atoms with E-state index in [0.29, 0.717) is 12.8 Å². The van der Waals surface area contributed by atoms with Gasteiger partial charge in [0.1, 0.15) is 0 Å². The maximum Gasteiger partial charge on any atom is 0.286 e. The third-order valence-electron chi connectivity index (χ3n) is 4.33. The van der Waals surface area contributed by atoms with Gasteiger partial charge in [-0.15, -0.1) is 0 Å². The van der Waals surface area contributed by atoms with E-state index in [1.165, 1.54) is 10.9 Å². The first kappa shape index (κ1) is 16.5. The van der Waals surface area contributed by atoms with Crippen molar-refractivity contribution < 1.29 is 9.59 Å². The number of imide groups is 1. The number of carbonyl (C=O) groups excluding carboxylic acids is 2. The van der Waals surface area contributed by atoms with E-state index in [0.717, 1.165) is 28.4 Å². The lowest BCUT2D eigenvalue weighted by Crippen LogP contribution is -2.25. The van der Waals surface area contributed by atoms with Gasteiger partial charge >= 0.3 is 0 Å². The number of para-hydroxylation sites is 1. The van der Waals surface area contributed by atoms with Crippen LogP contribution in [0.15, 0.2) is 54.7 Å². The molecule has 1 aromatic heterocycles. The van der Waals surface area contributed by atoms with Crippen LogP contribution in [0.3, 0.4) is 0 Å². The number of aromatic nitrogens is 1. The minimum absolute atomic E-state index is 0.206. The predicted molar refractivity (Wildman–Crippen MR) is 104 cm³/mol. The van der Waals surface area contributed by atoms with Crippen molar-refractivity contribution in [3.05, 3.63) is 71.4 Å². The Morgan fingerprint density at radius 3 is 2.62 bits per heavy atom. The Morgan fingerprint density at radius 1 is 1.04 bits per heavy atom. The van der Waals surface area contributed by atoms with E-state index < -0.39 is 0 Å². The molecule has 2 aromatic carbocycles. The zero-order chi connectivity index (χ0) is 17.9. The summed E-state index contributed by atoms with van der Waals surface area (Å²) >= 11 is 1.06. The Labute approximate surface area is 155 Å². The summed E-state index contributed by atoms with van der Waals surface area (Å²) in [6.45, 7) is 0. The van der Waals surface area contributed by atoms with E-state index in [9.17, 15) is 9.59 Å². The molecule has 0 aliphatic carbocycles. The monoisotopic (exact) mass is 360 g/mol. The fourth-order valence-corrected chi connectivity index (χ4v) is 3.84. The Kier molecular flexibility index (Phi) is 4.51. The van der Waals surface area contributed by atoms with Crippen molar-refractivity contribution in [3.63, 3.8) is 0 Å².